The van der Waals surface area contributed by atoms with Crippen LogP contribution in [0.3, 0.4) is 0 Å². The number of hydrogen-bond donors (Lipinski definition) is 1. The van der Waals surface area contributed by atoms with Crippen molar-refractivity contribution < 1.29 is 19.4 Å². The zero-order chi connectivity index (χ0) is 12.8. The predicted octanol–water partition coefficient (Wildman–Crippen LogP) is 2.86. The van der Waals surface area contributed by atoms with Crippen LogP contribution in [0.25, 0.3) is 0 Å². The van der Waals surface area contributed by atoms with Crippen molar-refractivity contribution >= 4 is 29.2 Å². The van der Waals surface area contributed by atoms with Crippen LogP contribution < -0.4 is 4.74 Å². The van der Waals surface area contributed by atoms with Gasteiger partial charge in [0.2, 0.25) is 0 Å². The minimum Gasteiger partial charge on any atom is -0.488 e. The number of ether oxygens (including phenoxy) is 2. The molecule has 0 amide bonds. The lowest BCUT2D eigenvalue weighted by Gasteiger charge is -2.11. The minimum absolute atomic E-state index is 0.148. The highest BCUT2D eigenvalue weighted by atomic mass is 35.5. The summed E-state index contributed by atoms with van der Waals surface area (Å²) < 4.78 is 10.3. The standard InChI is InChI=1S/C11H12Cl2O4/c1-7(11(14)15)16-5-6-17-10-8(12)3-2-4-9(10)13/h2-4,7H,5-6H2,1H3,(H,14,15). The van der Waals surface area contributed by atoms with Gasteiger partial charge in [0.1, 0.15) is 6.61 Å². The van der Waals surface area contributed by atoms with Crippen LogP contribution in [-0.2, 0) is 9.53 Å². The van der Waals surface area contributed by atoms with E-state index < -0.39 is 12.1 Å². The molecule has 4 nitrogen and oxygen atoms in total. The van der Waals surface area contributed by atoms with Crippen LogP contribution in [0.1, 0.15) is 6.92 Å². The molecule has 0 bridgehead atoms. The summed E-state index contributed by atoms with van der Waals surface area (Å²) in [5.74, 6) is -0.636. The Morgan fingerprint density at radius 2 is 1.94 bits per heavy atom. The Morgan fingerprint density at radius 1 is 1.35 bits per heavy atom. The van der Waals surface area contributed by atoms with Gasteiger partial charge in [-0.2, -0.15) is 0 Å². The lowest BCUT2D eigenvalue weighted by molar-refractivity contribution is -0.149. The molecule has 0 aliphatic rings. The summed E-state index contributed by atoms with van der Waals surface area (Å²) in [4.78, 5) is 10.5. The fourth-order valence-corrected chi connectivity index (χ4v) is 1.57. The summed E-state index contributed by atoms with van der Waals surface area (Å²) >= 11 is 11.8. The van der Waals surface area contributed by atoms with E-state index in [9.17, 15) is 4.79 Å². The first kappa shape index (κ1) is 14.1. The van der Waals surface area contributed by atoms with E-state index in [1.165, 1.54) is 6.92 Å². The van der Waals surface area contributed by atoms with Crippen LogP contribution in [0.5, 0.6) is 5.75 Å². The van der Waals surface area contributed by atoms with Gasteiger partial charge in [0.05, 0.1) is 16.7 Å². The maximum absolute atomic E-state index is 10.5. The second-order valence-corrected chi connectivity index (χ2v) is 4.06. The van der Waals surface area contributed by atoms with E-state index in [0.29, 0.717) is 15.8 Å². The average Bonchev–Trinajstić information content (AvgIpc) is 2.27. The first-order chi connectivity index (χ1) is 8.02. The van der Waals surface area contributed by atoms with Crippen LogP contribution in [0.15, 0.2) is 18.2 Å². The number of rotatable bonds is 6. The minimum atomic E-state index is -1.01. The van der Waals surface area contributed by atoms with Crippen LogP contribution in [0.2, 0.25) is 10.0 Å². The molecule has 1 aromatic rings. The average molecular weight is 279 g/mol. The van der Waals surface area contributed by atoms with Crippen molar-refractivity contribution in [2.75, 3.05) is 13.2 Å². The van der Waals surface area contributed by atoms with Gasteiger partial charge >= 0.3 is 5.97 Å². The largest absolute Gasteiger partial charge is 0.488 e. The van der Waals surface area contributed by atoms with Gasteiger partial charge < -0.3 is 14.6 Å². The smallest absolute Gasteiger partial charge is 0.332 e. The zero-order valence-electron chi connectivity index (χ0n) is 9.15. The van der Waals surface area contributed by atoms with Gasteiger partial charge in [-0.05, 0) is 19.1 Å². The van der Waals surface area contributed by atoms with Crippen molar-refractivity contribution in [1.82, 2.24) is 0 Å². The summed E-state index contributed by atoms with van der Waals surface area (Å²) in [6, 6.07) is 5.02. The summed E-state index contributed by atoms with van der Waals surface area (Å²) in [5, 5.41) is 9.39. The van der Waals surface area contributed by atoms with E-state index in [4.69, 9.17) is 37.8 Å². The molecule has 0 fully saturated rings. The molecule has 94 valence electrons. The number of carbonyl (C=O) groups is 1. The molecule has 0 aliphatic heterocycles. The van der Waals surface area contributed by atoms with Gasteiger partial charge in [-0.3, -0.25) is 0 Å². The van der Waals surface area contributed by atoms with Crippen molar-refractivity contribution in [3.8, 4) is 5.75 Å². The molecule has 0 spiro atoms. The number of halogens is 2. The van der Waals surface area contributed by atoms with Gasteiger partial charge in [0.25, 0.3) is 0 Å². The van der Waals surface area contributed by atoms with Gasteiger partial charge in [-0.15, -0.1) is 0 Å². The summed E-state index contributed by atoms with van der Waals surface area (Å²) in [6.45, 7) is 1.78. The van der Waals surface area contributed by atoms with Crippen molar-refractivity contribution in [3.05, 3.63) is 28.2 Å². The summed E-state index contributed by atoms with van der Waals surface area (Å²) in [6.07, 6.45) is -0.861. The van der Waals surface area contributed by atoms with E-state index in [1.54, 1.807) is 18.2 Å². The topological polar surface area (TPSA) is 55.8 Å². The van der Waals surface area contributed by atoms with E-state index >= 15 is 0 Å². The lowest BCUT2D eigenvalue weighted by atomic mass is 10.3. The molecule has 1 N–H and O–H groups in total. The normalized spacial score (nSPS) is 12.2. The Balaban J connectivity index is 2.39. The van der Waals surface area contributed by atoms with Gasteiger partial charge in [-0.25, -0.2) is 4.79 Å². The molecule has 6 heteroatoms. The molecule has 0 aromatic heterocycles. The molecule has 1 rings (SSSR count). The number of benzene rings is 1. The highest BCUT2D eigenvalue weighted by Crippen LogP contribution is 2.32. The first-order valence-electron chi connectivity index (χ1n) is 4.93. The van der Waals surface area contributed by atoms with Crippen molar-refractivity contribution in [3.63, 3.8) is 0 Å². The van der Waals surface area contributed by atoms with E-state index in [0.717, 1.165) is 0 Å². The fraction of sp³-hybridized carbons (Fsp3) is 0.364. The van der Waals surface area contributed by atoms with Crippen LogP contribution >= 0.6 is 23.2 Å². The Hall–Kier alpha value is -0.970. The second-order valence-electron chi connectivity index (χ2n) is 3.25. The monoisotopic (exact) mass is 278 g/mol. The lowest BCUT2D eigenvalue weighted by Crippen LogP contribution is -2.22. The van der Waals surface area contributed by atoms with Gasteiger partial charge in [0, 0.05) is 0 Å². The Kier molecular flexibility index (Phi) is 5.55. The predicted molar refractivity (Wildman–Crippen MR) is 65.0 cm³/mol. The molecule has 17 heavy (non-hydrogen) atoms. The third kappa shape index (κ3) is 4.42. The molecular formula is C11H12Cl2O4. The number of carboxylic acids is 1. The highest BCUT2D eigenvalue weighted by Gasteiger charge is 2.11. The number of aliphatic carboxylic acids is 1. The highest BCUT2D eigenvalue weighted by molar-refractivity contribution is 6.37. The number of carboxylic acid groups (broad SMARTS) is 1. The Labute approximate surface area is 109 Å². The molecular weight excluding hydrogens is 267 g/mol. The van der Waals surface area contributed by atoms with Crippen LogP contribution in [0.4, 0.5) is 0 Å². The van der Waals surface area contributed by atoms with Gasteiger partial charge in [0.15, 0.2) is 11.9 Å². The molecule has 0 heterocycles. The molecule has 0 saturated carbocycles. The SMILES string of the molecule is CC(OCCOc1c(Cl)cccc1Cl)C(=O)O. The second kappa shape index (κ2) is 6.69. The van der Waals surface area contributed by atoms with E-state index in [1.807, 2.05) is 0 Å². The molecule has 0 saturated heterocycles. The van der Waals surface area contributed by atoms with Crippen molar-refractivity contribution in [2.45, 2.75) is 13.0 Å². The Morgan fingerprint density at radius 3 is 2.47 bits per heavy atom. The maximum atomic E-state index is 10.5. The quantitative estimate of drug-likeness (QED) is 0.813. The summed E-state index contributed by atoms with van der Waals surface area (Å²) in [5.41, 5.74) is 0. The molecule has 0 aliphatic carbocycles. The molecule has 1 atom stereocenters. The molecule has 0 radical (unpaired) electrons. The summed E-state index contributed by atoms with van der Waals surface area (Å²) in [7, 11) is 0. The van der Waals surface area contributed by atoms with Gasteiger partial charge in [-0.1, -0.05) is 29.3 Å². The number of hydrogen-bond acceptors (Lipinski definition) is 3. The fourth-order valence-electron chi connectivity index (χ4n) is 1.06. The number of para-hydroxylation sites is 1. The van der Waals surface area contributed by atoms with Crippen molar-refractivity contribution in [1.29, 1.82) is 0 Å². The van der Waals surface area contributed by atoms with E-state index in [2.05, 4.69) is 0 Å². The molecule has 1 aromatic carbocycles. The zero-order valence-corrected chi connectivity index (χ0v) is 10.7. The maximum Gasteiger partial charge on any atom is 0.332 e. The van der Waals surface area contributed by atoms with Crippen molar-refractivity contribution in [2.24, 2.45) is 0 Å². The van der Waals surface area contributed by atoms with Crippen LogP contribution in [-0.4, -0.2) is 30.4 Å². The Bertz CT molecular complexity index is 375. The van der Waals surface area contributed by atoms with Crippen LogP contribution in [0, 0.1) is 0 Å². The third-order valence-electron chi connectivity index (χ3n) is 1.96. The molecule has 1 unspecified atom stereocenters. The third-order valence-corrected chi connectivity index (χ3v) is 2.56. The first-order valence-corrected chi connectivity index (χ1v) is 5.69. The van der Waals surface area contributed by atoms with E-state index in [-0.39, 0.29) is 13.2 Å².